The molecule has 3 aromatic rings. The van der Waals surface area contributed by atoms with Gasteiger partial charge in [-0.15, -0.1) is 0 Å². The van der Waals surface area contributed by atoms with Gasteiger partial charge < -0.3 is 19.9 Å². The van der Waals surface area contributed by atoms with Crippen LogP contribution in [0, 0.1) is 11.8 Å². The number of carboxylic acid groups (broad SMARTS) is 1. The summed E-state index contributed by atoms with van der Waals surface area (Å²) in [6, 6.07) is 31.4. The molecule has 1 amide bonds. The number of benzene rings is 3. The molecule has 1 saturated heterocycles. The van der Waals surface area contributed by atoms with Crippen molar-refractivity contribution in [1.29, 1.82) is 0 Å². The number of carbonyl (C=O) groups is 1. The number of ether oxygens (including phenoxy) is 2. The molecule has 262 valence electrons. The summed E-state index contributed by atoms with van der Waals surface area (Å²) in [5.41, 5.74) is 2.42. The number of hydrogen-bond acceptors (Lipinski definition) is 3. The highest BCUT2D eigenvalue weighted by Crippen LogP contribution is 2.42. The van der Waals surface area contributed by atoms with E-state index in [0.29, 0.717) is 19.8 Å². The SMILES string of the molecule is CCCCCCCCCCCCCCCC(CNC(=O)O)[C@H]1CCCO[C@@H]1COC(c1ccccc1)(c1ccccc1)c1ccccc1. The molecule has 3 aromatic carbocycles. The molecule has 1 aliphatic rings. The molecule has 0 bridgehead atoms. The van der Waals surface area contributed by atoms with E-state index in [1.807, 2.05) is 18.2 Å². The maximum atomic E-state index is 11.6. The molecule has 48 heavy (non-hydrogen) atoms. The first-order chi connectivity index (χ1) is 23.6. The molecule has 5 nitrogen and oxygen atoms in total. The van der Waals surface area contributed by atoms with Crippen LogP contribution < -0.4 is 5.32 Å². The van der Waals surface area contributed by atoms with E-state index in [1.54, 1.807) is 0 Å². The summed E-state index contributed by atoms with van der Waals surface area (Å²) in [6.07, 6.45) is 19.2. The predicted octanol–water partition coefficient (Wildman–Crippen LogP) is 11.2. The van der Waals surface area contributed by atoms with Crippen LogP contribution >= 0.6 is 0 Å². The molecule has 1 aliphatic heterocycles. The standard InChI is InChI=1S/C43H61NO4/c1-2-3-4-5-6-7-8-9-10-11-12-13-17-25-36(34-44-42(45)46)40-32-24-33-47-41(40)35-48-43(37-26-18-14-19-27-37,38-28-20-15-21-29-38)39-30-22-16-23-31-39/h14-16,18-23,26-31,36,40-41,44H,2-13,17,24-25,32-35H2,1H3,(H,45,46)/t36?,40-,41-/m1/s1. The van der Waals surface area contributed by atoms with Gasteiger partial charge in [-0.2, -0.15) is 0 Å². The normalized spacial score (nSPS) is 17.2. The molecule has 2 N–H and O–H groups in total. The van der Waals surface area contributed by atoms with Crippen LogP contribution in [0.3, 0.4) is 0 Å². The lowest BCUT2D eigenvalue weighted by Crippen LogP contribution is -2.44. The van der Waals surface area contributed by atoms with Crippen LogP contribution in [0.25, 0.3) is 0 Å². The summed E-state index contributed by atoms with van der Waals surface area (Å²) in [5, 5.41) is 12.3. The van der Waals surface area contributed by atoms with Crippen molar-refractivity contribution in [1.82, 2.24) is 5.32 Å². The Morgan fingerprint density at radius 1 is 0.750 bits per heavy atom. The van der Waals surface area contributed by atoms with Crippen molar-refractivity contribution >= 4 is 6.09 Å². The first-order valence-electron chi connectivity index (χ1n) is 19.0. The second-order valence-electron chi connectivity index (χ2n) is 13.8. The fourth-order valence-electron chi connectivity index (χ4n) is 7.66. The largest absolute Gasteiger partial charge is 0.465 e. The third kappa shape index (κ3) is 11.8. The quantitative estimate of drug-likeness (QED) is 0.0788. The highest BCUT2D eigenvalue weighted by Gasteiger charge is 2.40. The smallest absolute Gasteiger partial charge is 0.404 e. The molecular formula is C43H61NO4. The summed E-state index contributed by atoms with van der Waals surface area (Å²) in [5.74, 6) is 0.435. The van der Waals surface area contributed by atoms with Crippen molar-refractivity contribution in [3.63, 3.8) is 0 Å². The number of unbranched alkanes of at least 4 members (excludes halogenated alkanes) is 12. The maximum Gasteiger partial charge on any atom is 0.404 e. The third-order valence-electron chi connectivity index (χ3n) is 10.3. The van der Waals surface area contributed by atoms with Gasteiger partial charge in [0.05, 0.1) is 12.7 Å². The molecule has 1 heterocycles. The number of hydrogen-bond donors (Lipinski definition) is 2. The van der Waals surface area contributed by atoms with Gasteiger partial charge in [0.25, 0.3) is 0 Å². The topological polar surface area (TPSA) is 67.8 Å². The molecular weight excluding hydrogens is 594 g/mol. The maximum absolute atomic E-state index is 11.6. The van der Waals surface area contributed by atoms with Gasteiger partial charge in [-0.05, 0) is 47.8 Å². The highest BCUT2D eigenvalue weighted by atomic mass is 16.5. The van der Waals surface area contributed by atoms with E-state index in [-0.39, 0.29) is 17.9 Å². The minimum atomic E-state index is -0.953. The second kappa shape index (κ2) is 21.7. The van der Waals surface area contributed by atoms with Crippen LogP contribution in [0.2, 0.25) is 0 Å². The van der Waals surface area contributed by atoms with Gasteiger partial charge in [0.1, 0.15) is 5.60 Å². The van der Waals surface area contributed by atoms with Crippen molar-refractivity contribution < 1.29 is 19.4 Å². The second-order valence-corrected chi connectivity index (χ2v) is 13.8. The van der Waals surface area contributed by atoms with Crippen LogP contribution in [0.5, 0.6) is 0 Å². The molecule has 5 heteroatoms. The Morgan fingerprint density at radius 3 is 1.67 bits per heavy atom. The number of rotatable bonds is 23. The van der Waals surface area contributed by atoms with Crippen LogP contribution in [0.4, 0.5) is 4.79 Å². The van der Waals surface area contributed by atoms with Gasteiger partial charge in [0, 0.05) is 13.2 Å². The van der Waals surface area contributed by atoms with Gasteiger partial charge in [0.2, 0.25) is 0 Å². The van der Waals surface area contributed by atoms with E-state index in [4.69, 9.17) is 9.47 Å². The molecule has 0 radical (unpaired) electrons. The van der Waals surface area contributed by atoms with E-state index in [0.717, 1.165) is 42.4 Å². The molecule has 0 aromatic heterocycles. The van der Waals surface area contributed by atoms with Crippen LogP contribution in [0.1, 0.15) is 126 Å². The predicted molar refractivity (Wildman–Crippen MR) is 197 cm³/mol. The van der Waals surface area contributed by atoms with Gasteiger partial charge in [-0.1, -0.05) is 181 Å². The fourth-order valence-corrected chi connectivity index (χ4v) is 7.66. The summed E-state index contributed by atoms with van der Waals surface area (Å²) in [7, 11) is 0. The molecule has 4 rings (SSSR count). The van der Waals surface area contributed by atoms with Crippen LogP contribution in [-0.2, 0) is 15.1 Å². The Kier molecular flexibility index (Phi) is 17.1. The zero-order valence-corrected chi connectivity index (χ0v) is 29.5. The molecule has 0 saturated carbocycles. The molecule has 1 unspecified atom stereocenters. The average molecular weight is 656 g/mol. The molecule has 0 spiro atoms. The van der Waals surface area contributed by atoms with Gasteiger partial charge >= 0.3 is 6.09 Å². The van der Waals surface area contributed by atoms with Gasteiger partial charge in [-0.3, -0.25) is 0 Å². The van der Waals surface area contributed by atoms with Crippen molar-refractivity contribution in [2.45, 2.75) is 121 Å². The Morgan fingerprint density at radius 2 is 1.21 bits per heavy atom. The Bertz CT molecular complexity index is 1150. The van der Waals surface area contributed by atoms with Crippen LogP contribution in [0.15, 0.2) is 91.0 Å². The van der Waals surface area contributed by atoms with Crippen molar-refractivity contribution in [2.24, 2.45) is 11.8 Å². The molecule has 0 aliphatic carbocycles. The first kappa shape index (κ1) is 37.7. The van der Waals surface area contributed by atoms with E-state index in [1.165, 1.54) is 77.0 Å². The number of nitrogens with one attached hydrogen (secondary N) is 1. The van der Waals surface area contributed by atoms with E-state index in [2.05, 4.69) is 85.0 Å². The summed E-state index contributed by atoms with van der Waals surface area (Å²) >= 11 is 0. The van der Waals surface area contributed by atoms with E-state index >= 15 is 0 Å². The fraction of sp³-hybridized carbons (Fsp3) is 0.558. The van der Waals surface area contributed by atoms with Crippen molar-refractivity contribution in [2.75, 3.05) is 19.8 Å². The lowest BCUT2D eigenvalue weighted by Gasteiger charge is -2.41. The lowest BCUT2D eigenvalue weighted by atomic mass is 9.78. The Balaban J connectivity index is 1.39. The van der Waals surface area contributed by atoms with Crippen molar-refractivity contribution in [3.8, 4) is 0 Å². The zero-order valence-electron chi connectivity index (χ0n) is 29.5. The summed E-state index contributed by atoms with van der Waals surface area (Å²) in [6.45, 7) is 3.86. The number of amides is 1. The van der Waals surface area contributed by atoms with Crippen LogP contribution in [-0.4, -0.2) is 37.1 Å². The minimum absolute atomic E-state index is 0.114. The molecule has 1 fully saturated rings. The van der Waals surface area contributed by atoms with Gasteiger partial charge in [-0.25, -0.2) is 4.79 Å². The Hall–Kier alpha value is -3.15. The van der Waals surface area contributed by atoms with E-state index in [9.17, 15) is 9.90 Å². The van der Waals surface area contributed by atoms with E-state index < -0.39 is 11.7 Å². The average Bonchev–Trinajstić information content (AvgIpc) is 3.13. The Labute approximate surface area is 290 Å². The monoisotopic (exact) mass is 655 g/mol. The molecule has 3 atom stereocenters. The zero-order chi connectivity index (χ0) is 33.7. The summed E-state index contributed by atoms with van der Waals surface area (Å²) < 4.78 is 13.7. The highest BCUT2D eigenvalue weighted by molar-refractivity contribution is 5.64. The summed E-state index contributed by atoms with van der Waals surface area (Å²) in [4.78, 5) is 11.6. The lowest BCUT2D eigenvalue weighted by molar-refractivity contribution is -0.115. The minimum Gasteiger partial charge on any atom is -0.465 e. The first-order valence-corrected chi connectivity index (χ1v) is 19.0. The van der Waals surface area contributed by atoms with Crippen molar-refractivity contribution in [3.05, 3.63) is 108 Å². The van der Waals surface area contributed by atoms with Gasteiger partial charge in [0.15, 0.2) is 0 Å². The third-order valence-corrected chi connectivity index (χ3v) is 10.3.